The molecule has 0 fully saturated rings. The summed E-state index contributed by atoms with van der Waals surface area (Å²) in [6, 6.07) is 5.28. The van der Waals surface area contributed by atoms with Gasteiger partial charge in [-0.2, -0.15) is 0 Å². The van der Waals surface area contributed by atoms with Crippen LogP contribution in [0.5, 0.6) is 5.75 Å². The lowest BCUT2D eigenvalue weighted by molar-refractivity contribution is -0.123. The summed E-state index contributed by atoms with van der Waals surface area (Å²) in [5.41, 5.74) is 0. The van der Waals surface area contributed by atoms with Gasteiger partial charge in [0.05, 0.1) is 5.02 Å². The Morgan fingerprint density at radius 1 is 1.40 bits per heavy atom. The van der Waals surface area contributed by atoms with E-state index in [1.54, 1.807) is 12.1 Å². The lowest BCUT2D eigenvalue weighted by atomic mass is 10.3. The Bertz CT molecular complexity index is 439. The smallest absolute Gasteiger partial charge is 0.257 e. The first-order valence-corrected chi connectivity index (χ1v) is 7.80. The molecule has 0 unspecified atom stereocenters. The van der Waals surface area contributed by atoms with Gasteiger partial charge in [0.25, 0.3) is 5.91 Å². The zero-order chi connectivity index (χ0) is 15.0. The summed E-state index contributed by atoms with van der Waals surface area (Å²) in [5.74, 6) is 0.366. The number of halogens is 2. The average Bonchev–Trinajstić information content (AvgIpc) is 2.42. The van der Waals surface area contributed by atoms with Crippen molar-refractivity contribution in [2.45, 2.75) is 13.8 Å². The van der Waals surface area contributed by atoms with Crippen molar-refractivity contribution in [3.05, 3.63) is 27.7 Å². The zero-order valence-corrected chi connectivity index (χ0v) is 14.1. The molecule has 1 aromatic carbocycles. The summed E-state index contributed by atoms with van der Waals surface area (Å²) < 4.78 is 6.26. The minimum atomic E-state index is -0.142. The third kappa shape index (κ3) is 6.11. The Morgan fingerprint density at radius 3 is 2.70 bits per heavy atom. The Labute approximate surface area is 133 Å². The molecule has 0 aromatic heterocycles. The van der Waals surface area contributed by atoms with Crippen LogP contribution in [0.15, 0.2) is 22.7 Å². The summed E-state index contributed by atoms with van der Waals surface area (Å²) in [6.07, 6.45) is 0. The molecule has 1 amide bonds. The summed E-state index contributed by atoms with van der Waals surface area (Å²) in [7, 11) is 0. The van der Waals surface area contributed by atoms with Crippen LogP contribution in [0.3, 0.4) is 0 Å². The van der Waals surface area contributed by atoms with Gasteiger partial charge in [-0.05, 0) is 31.3 Å². The van der Waals surface area contributed by atoms with Crippen LogP contribution >= 0.6 is 27.5 Å². The molecule has 1 aromatic rings. The number of nitrogens with zero attached hydrogens (tertiary/aromatic N) is 1. The third-order valence-electron chi connectivity index (χ3n) is 2.90. The molecule has 0 heterocycles. The molecule has 0 aliphatic heterocycles. The summed E-state index contributed by atoms with van der Waals surface area (Å²) in [6.45, 7) is 7.61. The van der Waals surface area contributed by atoms with Crippen molar-refractivity contribution >= 4 is 33.4 Å². The zero-order valence-electron chi connectivity index (χ0n) is 11.8. The summed E-state index contributed by atoms with van der Waals surface area (Å²) >= 11 is 9.32. The van der Waals surface area contributed by atoms with Crippen molar-refractivity contribution in [2.75, 3.05) is 32.8 Å². The highest BCUT2D eigenvalue weighted by Gasteiger charge is 2.06. The molecule has 6 heteroatoms. The first-order chi connectivity index (χ1) is 9.56. The van der Waals surface area contributed by atoms with E-state index in [2.05, 4.69) is 40.0 Å². The predicted octanol–water partition coefficient (Wildman–Crippen LogP) is 2.94. The van der Waals surface area contributed by atoms with Gasteiger partial charge in [0, 0.05) is 17.6 Å². The number of hydrogen-bond donors (Lipinski definition) is 1. The van der Waals surface area contributed by atoms with Gasteiger partial charge in [-0.15, -0.1) is 0 Å². The molecule has 0 saturated heterocycles. The lowest BCUT2D eigenvalue weighted by Gasteiger charge is -2.18. The molecular weight excluding hydrogens is 344 g/mol. The SMILES string of the molecule is CCN(CC)CCNC(=O)COc1ccc(Br)cc1Cl. The van der Waals surface area contributed by atoms with Crippen LogP contribution in [0, 0.1) is 0 Å². The number of benzene rings is 1. The maximum atomic E-state index is 11.6. The van der Waals surface area contributed by atoms with E-state index in [4.69, 9.17) is 16.3 Å². The van der Waals surface area contributed by atoms with Crippen LogP contribution in [0.1, 0.15) is 13.8 Å². The molecule has 0 spiro atoms. The maximum Gasteiger partial charge on any atom is 0.257 e. The molecule has 1 rings (SSSR count). The van der Waals surface area contributed by atoms with Gasteiger partial charge in [-0.1, -0.05) is 41.4 Å². The van der Waals surface area contributed by atoms with Crippen molar-refractivity contribution in [1.29, 1.82) is 0 Å². The van der Waals surface area contributed by atoms with Crippen molar-refractivity contribution in [3.8, 4) is 5.75 Å². The van der Waals surface area contributed by atoms with Crippen molar-refractivity contribution < 1.29 is 9.53 Å². The number of ether oxygens (including phenoxy) is 1. The Kier molecular flexibility index (Phi) is 7.95. The fraction of sp³-hybridized carbons (Fsp3) is 0.500. The first kappa shape index (κ1) is 17.3. The minimum Gasteiger partial charge on any atom is -0.482 e. The van der Waals surface area contributed by atoms with E-state index in [1.165, 1.54) is 0 Å². The van der Waals surface area contributed by atoms with Crippen LogP contribution in [0.2, 0.25) is 5.02 Å². The number of hydrogen-bond acceptors (Lipinski definition) is 3. The fourth-order valence-electron chi connectivity index (χ4n) is 1.68. The highest BCUT2D eigenvalue weighted by Crippen LogP contribution is 2.27. The number of carbonyl (C=O) groups is 1. The Morgan fingerprint density at radius 2 is 2.10 bits per heavy atom. The normalized spacial score (nSPS) is 10.7. The van der Waals surface area contributed by atoms with Crippen LogP contribution in [0.4, 0.5) is 0 Å². The van der Waals surface area contributed by atoms with E-state index >= 15 is 0 Å². The summed E-state index contributed by atoms with van der Waals surface area (Å²) in [5, 5.41) is 3.31. The maximum absolute atomic E-state index is 11.6. The second kappa shape index (κ2) is 9.21. The van der Waals surface area contributed by atoms with Gasteiger partial charge in [0.1, 0.15) is 5.75 Å². The van der Waals surface area contributed by atoms with Gasteiger partial charge in [-0.3, -0.25) is 4.79 Å². The number of likely N-dealkylation sites (N-methyl/N-ethyl adjacent to an activating group) is 1. The largest absolute Gasteiger partial charge is 0.482 e. The number of carbonyl (C=O) groups excluding carboxylic acids is 1. The fourth-order valence-corrected chi connectivity index (χ4v) is 2.41. The summed E-state index contributed by atoms with van der Waals surface area (Å²) in [4.78, 5) is 13.9. The monoisotopic (exact) mass is 362 g/mol. The molecule has 0 atom stereocenters. The molecule has 0 aliphatic rings. The van der Waals surface area contributed by atoms with E-state index < -0.39 is 0 Å². The van der Waals surface area contributed by atoms with Crippen molar-refractivity contribution in [3.63, 3.8) is 0 Å². The van der Waals surface area contributed by atoms with Gasteiger partial charge in [-0.25, -0.2) is 0 Å². The van der Waals surface area contributed by atoms with Crippen molar-refractivity contribution in [1.82, 2.24) is 10.2 Å². The molecule has 0 bridgehead atoms. The molecule has 1 N–H and O–H groups in total. The average molecular weight is 364 g/mol. The Balaban J connectivity index is 2.29. The molecule has 4 nitrogen and oxygen atoms in total. The van der Waals surface area contributed by atoms with Crippen LogP contribution in [-0.4, -0.2) is 43.6 Å². The molecule has 0 radical (unpaired) electrons. The van der Waals surface area contributed by atoms with Gasteiger partial charge in [0.15, 0.2) is 6.61 Å². The molecule has 0 saturated carbocycles. The standard InChI is InChI=1S/C14H20BrClN2O2/c1-3-18(4-2)8-7-17-14(19)10-20-13-6-5-11(15)9-12(13)16/h5-6,9H,3-4,7-8,10H2,1-2H3,(H,17,19). The van der Waals surface area contributed by atoms with Crippen LogP contribution in [-0.2, 0) is 4.79 Å². The topological polar surface area (TPSA) is 41.6 Å². The first-order valence-electron chi connectivity index (χ1n) is 6.63. The van der Waals surface area contributed by atoms with E-state index in [-0.39, 0.29) is 12.5 Å². The molecular formula is C14H20BrClN2O2. The van der Waals surface area contributed by atoms with Gasteiger partial charge >= 0.3 is 0 Å². The van der Waals surface area contributed by atoms with Gasteiger partial charge in [0.2, 0.25) is 0 Å². The van der Waals surface area contributed by atoms with E-state index in [9.17, 15) is 4.79 Å². The molecule has 0 aliphatic carbocycles. The number of amides is 1. The van der Waals surface area contributed by atoms with E-state index in [0.717, 1.165) is 24.1 Å². The highest BCUT2D eigenvalue weighted by molar-refractivity contribution is 9.10. The number of nitrogens with one attached hydrogen (secondary N) is 1. The molecule has 112 valence electrons. The highest BCUT2D eigenvalue weighted by atomic mass is 79.9. The van der Waals surface area contributed by atoms with Crippen molar-refractivity contribution in [2.24, 2.45) is 0 Å². The lowest BCUT2D eigenvalue weighted by Crippen LogP contribution is -2.36. The van der Waals surface area contributed by atoms with E-state index in [1.807, 2.05) is 6.07 Å². The quantitative estimate of drug-likeness (QED) is 0.772. The van der Waals surface area contributed by atoms with Crippen LogP contribution in [0.25, 0.3) is 0 Å². The molecule has 20 heavy (non-hydrogen) atoms. The predicted molar refractivity (Wildman–Crippen MR) is 85.4 cm³/mol. The van der Waals surface area contributed by atoms with E-state index in [0.29, 0.717) is 17.3 Å². The number of rotatable bonds is 8. The Hall–Kier alpha value is -0.780. The minimum absolute atomic E-state index is 0.0282. The second-order valence-electron chi connectivity index (χ2n) is 4.24. The second-order valence-corrected chi connectivity index (χ2v) is 5.56. The van der Waals surface area contributed by atoms with Gasteiger partial charge < -0.3 is 15.0 Å². The third-order valence-corrected chi connectivity index (χ3v) is 3.69. The van der Waals surface area contributed by atoms with Crippen LogP contribution < -0.4 is 10.1 Å².